The molecule has 2 rings (SSSR count). The van der Waals surface area contributed by atoms with Gasteiger partial charge in [-0.2, -0.15) is 0 Å². The van der Waals surface area contributed by atoms with Crippen LogP contribution in [0.5, 0.6) is 0 Å². The van der Waals surface area contributed by atoms with E-state index in [0.717, 1.165) is 37.8 Å². The van der Waals surface area contributed by atoms with E-state index in [1.165, 1.54) is 6.07 Å². The van der Waals surface area contributed by atoms with Crippen molar-refractivity contribution in [2.24, 2.45) is 5.73 Å². The summed E-state index contributed by atoms with van der Waals surface area (Å²) < 4.78 is 27.1. The van der Waals surface area contributed by atoms with E-state index in [4.69, 9.17) is 5.73 Å². The normalized spacial score (nSPS) is 14.7. The topological polar surface area (TPSA) is 46.3 Å². The van der Waals surface area contributed by atoms with Gasteiger partial charge < -0.3 is 10.6 Å². The monoisotopic (exact) mass is 332 g/mol. The van der Waals surface area contributed by atoms with Gasteiger partial charge in [0.2, 0.25) is 5.91 Å². The number of carbonyl (C=O) groups excluding carboxylic acids is 1. The molecule has 1 aromatic carbocycles. The lowest BCUT2D eigenvalue weighted by atomic mass is 10.1. The van der Waals surface area contributed by atoms with Gasteiger partial charge in [-0.25, -0.2) is 8.78 Å². The molecule has 0 aliphatic heterocycles. The number of hydrogen-bond acceptors (Lipinski definition) is 2. The Bertz CT molecular complexity index is 493. The molecule has 2 N–H and O–H groups in total. The lowest BCUT2D eigenvalue weighted by Gasteiger charge is -2.29. The summed E-state index contributed by atoms with van der Waals surface area (Å²) in [4.78, 5) is 14.1. The van der Waals surface area contributed by atoms with Crippen LogP contribution in [0.3, 0.4) is 0 Å². The lowest BCUT2D eigenvalue weighted by Crippen LogP contribution is -2.38. The number of benzene rings is 1. The molecule has 0 atom stereocenters. The van der Waals surface area contributed by atoms with Gasteiger partial charge in [0, 0.05) is 24.6 Å². The van der Waals surface area contributed by atoms with E-state index >= 15 is 0 Å². The SMILES string of the molecule is Cl.NCCCC(=O)N(Cc1cc(F)ccc1F)C1CCCC1. The van der Waals surface area contributed by atoms with Gasteiger partial charge in [-0.15, -0.1) is 12.4 Å². The van der Waals surface area contributed by atoms with E-state index in [1.54, 1.807) is 4.90 Å². The van der Waals surface area contributed by atoms with Crippen molar-refractivity contribution in [1.29, 1.82) is 0 Å². The largest absolute Gasteiger partial charge is 0.335 e. The Labute approximate surface area is 136 Å². The van der Waals surface area contributed by atoms with Crippen molar-refractivity contribution in [3.8, 4) is 0 Å². The lowest BCUT2D eigenvalue weighted by molar-refractivity contribution is -0.134. The van der Waals surface area contributed by atoms with Crippen LogP contribution < -0.4 is 5.73 Å². The first-order valence-electron chi connectivity index (χ1n) is 7.55. The Balaban J connectivity index is 0.00000242. The smallest absolute Gasteiger partial charge is 0.223 e. The predicted octanol–water partition coefficient (Wildman–Crippen LogP) is 3.40. The van der Waals surface area contributed by atoms with E-state index in [1.807, 2.05) is 0 Å². The molecule has 1 aromatic rings. The summed E-state index contributed by atoms with van der Waals surface area (Å²) >= 11 is 0. The summed E-state index contributed by atoms with van der Waals surface area (Å²) in [6, 6.07) is 3.52. The number of amides is 1. The van der Waals surface area contributed by atoms with Gasteiger partial charge in [-0.1, -0.05) is 12.8 Å². The van der Waals surface area contributed by atoms with Crippen LogP contribution in [0.2, 0.25) is 0 Å². The Kier molecular flexibility index (Phi) is 7.76. The summed E-state index contributed by atoms with van der Waals surface area (Å²) in [6.45, 7) is 0.593. The first kappa shape index (κ1) is 18.8. The van der Waals surface area contributed by atoms with Gasteiger partial charge in [-0.05, 0) is 44.0 Å². The maximum Gasteiger partial charge on any atom is 0.223 e. The molecular weight excluding hydrogens is 310 g/mol. The molecule has 0 aromatic heterocycles. The fourth-order valence-electron chi connectivity index (χ4n) is 2.88. The third kappa shape index (κ3) is 4.92. The second kappa shape index (κ2) is 9.06. The number of nitrogens with two attached hydrogens (primary N) is 1. The van der Waals surface area contributed by atoms with Crippen molar-refractivity contribution in [3.63, 3.8) is 0 Å². The minimum atomic E-state index is -0.479. The van der Waals surface area contributed by atoms with Crippen LogP contribution in [-0.2, 0) is 11.3 Å². The average molecular weight is 333 g/mol. The highest BCUT2D eigenvalue weighted by Crippen LogP contribution is 2.26. The fourth-order valence-corrected chi connectivity index (χ4v) is 2.88. The summed E-state index contributed by atoms with van der Waals surface area (Å²) in [7, 11) is 0. The number of nitrogens with zero attached hydrogens (tertiary/aromatic N) is 1. The summed E-state index contributed by atoms with van der Waals surface area (Å²) in [5.74, 6) is -0.964. The van der Waals surface area contributed by atoms with Crippen molar-refractivity contribution in [3.05, 3.63) is 35.4 Å². The molecule has 1 saturated carbocycles. The van der Waals surface area contributed by atoms with E-state index < -0.39 is 11.6 Å². The van der Waals surface area contributed by atoms with E-state index in [9.17, 15) is 13.6 Å². The van der Waals surface area contributed by atoms with Crippen molar-refractivity contribution >= 4 is 18.3 Å². The van der Waals surface area contributed by atoms with Crippen LogP contribution >= 0.6 is 12.4 Å². The Morgan fingerprint density at radius 3 is 2.59 bits per heavy atom. The number of hydrogen-bond donors (Lipinski definition) is 1. The zero-order valence-electron chi connectivity index (χ0n) is 12.6. The third-order valence-corrected chi connectivity index (χ3v) is 4.03. The molecule has 1 aliphatic rings. The van der Waals surface area contributed by atoms with Gasteiger partial charge in [-0.3, -0.25) is 4.79 Å². The molecule has 0 bridgehead atoms. The van der Waals surface area contributed by atoms with Crippen molar-refractivity contribution in [2.45, 2.75) is 51.1 Å². The quantitative estimate of drug-likeness (QED) is 0.868. The average Bonchev–Trinajstić information content (AvgIpc) is 2.99. The van der Waals surface area contributed by atoms with Crippen molar-refractivity contribution in [1.82, 2.24) is 4.90 Å². The summed E-state index contributed by atoms with van der Waals surface area (Å²) in [5, 5.41) is 0. The first-order valence-corrected chi connectivity index (χ1v) is 7.55. The standard InChI is InChI=1S/C16H22F2N2O.ClH/c17-13-7-8-15(18)12(10-13)11-20(14-4-1-2-5-14)16(21)6-3-9-19;/h7-8,10,14H,1-6,9,11,19H2;1H. The highest BCUT2D eigenvalue weighted by atomic mass is 35.5. The van der Waals surface area contributed by atoms with Crippen LogP contribution in [0.1, 0.15) is 44.1 Å². The van der Waals surface area contributed by atoms with Gasteiger partial charge in [0.05, 0.1) is 0 Å². The second-order valence-electron chi connectivity index (χ2n) is 5.59. The molecule has 0 saturated heterocycles. The molecule has 22 heavy (non-hydrogen) atoms. The van der Waals surface area contributed by atoms with Gasteiger partial charge in [0.1, 0.15) is 11.6 Å². The maximum absolute atomic E-state index is 13.8. The van der Waals surface area contributed by atoms with Gasteiger partial charge >= 0.3 is 0 Å². The molecule has 1 amide bonds. The summed E-state index contributed by atoms with van der Waals surface area (Å²) in [6.07, 6.45) is 5.02. The van der Waals surface area contributed by atoms with E-state index in [2.05, 4.69) is 0 Å². The zero-order valence-corrected chi connectivity index (χ0v) is 13.4. The zero-order chi connectivity index (χ0) is 15.2. The summed E-state index contributed by atoms with van der Waals surface area (Å²) in [5.41, 5.74) is 5.69. The maximum atomic E-state index is 13.8. The van der Waals surface area contributed by atoms with Gasteiger partial charge in [0.15, 0.2) is 0 Å². The molecule has 1 aliphatic carbocycles. The fraction of sp³-hybridized carbons (Fsp3) is 0.562. The second-order valence-corrected chi connectivity index (χ2v) is 5.59. The van der Waals surface area contributed by atoms with Crippen molar-refractivity contribution < 1.29 is 13.6 Å². The molecule has 3 nitrogen and oxygen atoms in total. The van der Waals surface area contributed by atoms with Gasteiger partial charge in [0.25, 0.3) is 0 Å². The molecule has 0 heterocycles. The van der Waals surface area contributed by atoms with E-state index in [0.29, 0.717) is 19.4 Å². The van der Waals surface area contributed by atoms with Crippen LogP contribution in [0.4, 0.5) is 8.78 Å². The Morgan fingerprint density at radius 2 is 1.95 bits per heavy atom. The minimum Gasteiger partial charge on any atom is -0.335 e. The molecule has 124 valence electrons. The molecular formula is C16H23ClF2N2O. The van der Waals surface area contributed by atoms with Crippen molar-refractivity contribution in [2.75, 3.05) is 6.54 Å². The van der Waals surface area contributed by atoms with Crippen LogP contribution in [0.15, 0.2) is 18.2 Å². The Morgan fingerprint density at radius 1 is 1.27 bits per heavy atom. The minimum absolute atomic E-state index is 0. The molecule has 1 fully saturated rings. The molecule has 0 unspecified atom stereocenters. The van der Waals surface area contributed by atoms with Crippen LogP contribution in [-0.4, -0.2) is 23.4 Å². The van der Waals surface area contributed by atoms with Crippen LogP contribution in [0, 0.1) is 11.6 Å². The van der Waals surface area contributed by atoms with E-state index in [-0.39, 0.29) is 36.5 Å². The predicted molar refractivity (Wildman–Crippen MR) is 84.7 cm³/mol. The number of carbonyl (C=O) groups is 1. The molecule has 6 heteroatoms. The van der Waals surface area contributed by atoms with Crippen LogP contribution in [0.25, 0.3) is 0 Å². The molecule has 0 radical (unpaired) electrons. The Hall–Kier alpha value is -1.20. The third-order valence-electron chi connectivity index (χ3n) is 4.03. The highest BCUT2D eigenvalue weighted by molar-refractivity contribution is 5.85. The molecule has 0 spiro atoms. The first-order chi connectivity index (χ1) is 10.1. The highest BCUT2D eigenvalue weighted by Gasteiger charge is 2.27. The number of rotatable bonds is 6. The number of halogens is 3.